The number of anilines is 1. The van der Waals surface area contributed by atoms with Gasteiger partial charge in [-0.15, -0.1) is 0 Å². The second kappa shape index (κ2) is 8.28. The first-order valence-electron chi connectivity index (χ1n) is 8.92. The van der Waals surface area contributed by atoms with Gasteiger partial charge in [0.2, 0.25) is 11.8 Å². The SMILES string of the molecule is CCc1c(C)nc(OC)c(NC(=O)C(C)(C)C)c1C(O)c1cccc(Cl)c1. The van der Waals surface area contributed by atoms with Crippen LogP contribution in [-0.4, -0.2) is 23.1 Å². The lowest BCUT2D eigenvalue weighted by atomic mass is 9.91. The Morgan fingerprint density at radius 2 is 2.04 bits per heavy atom. The smallest absolute Gasteiger partial charge is 0.238 e. The van der Waals surface area contributed by atoms with Gasteiger partial charge in [-0.1, -0.05) is 51.4 Å². The number of carbonyl (C=O) groups is 1. The van der Waals surface area contributed by atoms with Crippen molar-refractivity contribution in [1.29, 1.82) is 0 Å². The summed E-state index contributed by atoms with van der Waals surface area (Å²) in [6.45, 7) is 9.32. The summed E-state index contributed by atoms with van der Waals surface area (Å²) in [6.07, 6.45) is -0.335. The van der Waals surface area contributed by atoms with E-state index < -0.39 is 11.5 Å². The number of nitrogens with one attached hydrogen (secondary N) is 1. The quantitative estimate of drug-likeness (QED) is 0.777. The van der Waals surface area contributed by atoms with Crippen molar-refractivity contribution in [1.82, 2.24) is 4.98 Å². The number of methoxy groups -OCH3 is 1. The molecule has 0 saturated heterocycles. The van der Waals surface area contributed by atoms with Crippen molar-refractivity contribution in [3.05, 3.63) is 51.7 Å². The lowest BCUT2D eigenvalue weighted by Gasteiger charge is -2.25. The van der Waals surface area contributed by atoms with Gasteiger partial charge in [0, 0.05) is 21.7 Å². The molecule has 1 unspecified atom stereocenters. The number of aryl methyl sites for hydroxylation is 1. The fourth-order valence-corrected chi connectivity index (χ4v) is 3.10. The van der Waals surface area contributed by atoms with E-state index in [9.17, 15) is 9.90 Å². The molecule has 2 rings (SSSR count). The average Bonchev–Trinajstić information content (AvgIpc) is 2.60. The Kier molecular flexibility index (Phi) is 6.50. The van der Waals surface area contributed by atoms with Gasteiger partial charge in [-0.2, -0.15) is 0 Å². The molecule has 0 bridgehead atoms. The van der Waals surface area contributed by atoms with Crippen LogP contribution >= 0.6 is 11.6 Å². The zero-order chi connectivity index (χ0) is 20.4. The van der Waals surface area contributed by atoms with Gasteiger partial charge in [-0.05, 0) is 36.6 Å². The minimum atomic E-state index is -0.982. The average molecular weight is 391 g/mol. The van der Waals surface area contributed by atoms with Crippen LogP contribution in [0, 0.1) is 12.3 Å². The summed E-state index contributed by atoms with van der Waals surface area (Å²) in [4.78, 5) is 17.1. The normalized spacial score (nSPS) is 12.6. The van der Waals surface area contributed by atoms with Gasteiger partial charge in [0.1, 0.15) is 11.8 Å². The molecule has 1 aromatic carbocycles. The predicted molar refractivity (Wildman–Crippen MR) is 109 cm³/mol. The van der Waals surface area contributed by atoms with Crippen LogP contribution in [-0.2, 0) is 11.2 Å². The molecule has 1 amide bonds. The monoisotopic (exact) mass is 390 g/mol. The number of aromatic nitrogens is 1. The number of pyridine rings is 1. The van der Waals surface area contributed by atoms with E-state index in [1.165, 1.54) is 7.11 Å². The summed E-state index contributed by atoms with van der Waals surface area (Å²) in [6, 6.07) is 7.04. The molecule has 27 heavy (non-hydrogen) atoms. The molecular formula is C21H27ClN2O3. The van der Waals surface area contributed by atoms with Gasteiger partial charge in [-0.25, -0.2) is 4.98 Å². The third kappa shape index (κ3) is 4.60. The molecule has 0 aliphatic heterocycles. The third-order valence-electron chi connectivity index (χ3n) is 4.42. The molecule has 6 heteroatoms. The highest BCUT2D eigenvalue weighted by Gasteiger charge is 2.29. The van der Waals surface area contributed by atoms with E-state index in [2.05, 4.69) is 10.3 Å². The first kappa shape index (κ1) is 21.2. The lowest BCUT2D eigenvalue weighted by Crippen LogP contribution is -2.29. The van der Waals surface area contributed by atoms with Crippen LogP contribution < -0.4 is 10.1 Å². The zero-order valence-corrected chi connectivity index (χ0v) is 17.4. The number of halogens is 1. The highest BCUT2D eigenvalue weighted by atomic mass is 35.5. The first-order chi connectivity index (χ1) is 12.6. The van der Waals surface area contributed by atoms with Gasteiger partial charge in [0.05, 0.1) is 7.11 Å². The second-order valence-electron chi connectivity index (χ2n) is 7.49. The maximum Gasteiger partial charge on any atom is 0.238 e. The predicted octanol–water partition coefficient (Wildman–Crippen LogP) is 4.68. The molecule has 0 aliphatic carbocycles. The number of aliphatic hydroxyl groups excluding tert-OH is 1. The van der Waals surface area contributed by atoms with E-state index >= 15 is 0 Å². The fraction of sp³-hybridized carbons (Fsp3) is 0.429. The summed E-state index contributed by atoms with van der Waals surface area (Å²) < 4.78 is 5.43. The van der Waals surface area contributed by atoms with Crippen LogP contribution in [0.3, 0.4) is 0 Å². The lowest BCUT2D eigenvalue weighted by molar-refractivity contribution is -0.123. The molecule has 0 aliphatic rings. The number of ether oxygens (including phenoxy) is 1. The summed E-state index contributed by atoms with van der Waals surface area (Å²) in [5.41, 5.74) is 2.62. The van der Waals surface area contributed by atoms with E-state index in [1.807, 2.05) is 34.6 Å². The zero-order valence-electron chi connectivity index (χ0n) is 16.7. The van der Waals surface area contributed by atoms with Crippen LogP contribution in [0.4, 0.5) is 5.69 Å². The third-order valence-corrected chi connectivity index (χ3v) is 4.65. The molecule has 0 saturated carbocycles. The largest absolute Gasteiger partial charge is 0.479 e. The molecule has 146 valence electrons. The molecular weight excluding hydrogens is 364 g/mol. The molecule has 0 fully saturated rings. The van der Waals surface area contributed by atoms with Crippen molar-refractivity contribution in [3.63, 3.8) is 0 Å². The Balaban J connectivity index is 2.71. The Morgan fingerprint density at radius 3 is 2.56 bits per heavy atom. The number of aliphatic hydroxyl groups is 1. The van der Waals surface area contributed by atoms with E-state index in [0.717, 1.165) is 11.3 Å². The molecule has 2 aromatic rings. The van der Waals surface area contributed by atoms with Crippen LogP contribution in [0.1, 0.15) is 56.2 Å². The van der Waals surface area contributed by atoms with Gasteiger partial charge in [0.15, 0.2) is 0 Å². The summed E-state index contributed by atoms with van der Waals surface area (Å²) >= 11 is 6.11. The van der Waals surface area contributed by atoms with Crippen molar-refractivity contribution in [2.45, 2.75) is 47.1 Å². The number of nitrogens with zero attached hydrogens (tertiary/aromatic N) is 1. The van der Waals surface area contributed by atoms with Crippen LogP contribution in [0.15, 0.2) is 24.3 Å². The molecule has 5 nitrogen and oxygen atoms in total. The van der Waals surface area contributed by atoms with Crippen molar-refractivity contribution in [2.75, 3.05) is 12.4 Å². The number of benzene rings is 1. The molecule has 1 heterocycles. The van der Waals surface area contributed by atoms with Crippen molar-refractivity contribution < 1.29 is 14.6 Å². The summed E-state index contributed by atoms with van der Waals surface area (Å²) in [5, 5.41) is 14.6. The van der Waals surface area contributed by atoms with Crippen LogP contribution in [0.2, 0.25) is 5.02 Å². The first-order valence-corrected chi connectivity index (χ1v) is 9.30. The van der Waals surface area contributed by atoms with E-state index in [4.69, 9.17) is 16.3 Å². The number of hydrogen-bond acceptors (Lipinski definition) is 4. The Morgan fingerprint density at radius 1 is 1.37 bits per heavy atom. The van der Waals surface area contributed by atoms with E-state index in [-0.39, 0.29) is 11.8 Å². The molecule has 0 spiro atoms. The second-order valence-corrected chi connectivity index (χ2v) is 7.93. The van der Waals surface area contributed by atoms with Crippen molar-refractivity contribution in [2.24, 2.45) is 5.41 Å². The van der Waals surface area contributed by atoms with Crippen LogP contribution in [0.5, 0.6) is 5.88 Å². The van der Waals surface area contributed by atoms with Gasteiger partial charge < -0.3 is 15.2 Å². The van der Waals surface area contributed by atoms with Gasteiger partial charge >= 0.3 is 0 Å². The maximum atomic E-state index is 12.7. The summed E-state index contributed by atoms with van der Waals surface area (Å²) in [5.74, 6) is 0.0893. The molecule has 2 N–H and O–H groups in total. The van der Waals surface area contributed by atoms with Crippen molar-refractivity contribution >= 4 is 23.2 Å². The fourth-order valence-electron chi connectivity index (χ4n) is 2.90. The van der Waals surface area contributed by atoms with Gasteiger partial charge in [0.25, 0.3) is 0 Å². The Bertz CT molecular complexity index is 844. The number of hydrogen-bond donors (Lipinski definition) is 2. The summed E-state index contributed by atoms with van der Waals surface area (Å²) in [7, 11) is 1.50. The Hall–Kier alpha value is -2.11. The minimum Gasteiger partial charge on any atom is -0.479 e. The number of rotatable bonds is 5. The van der Waals surface area contributed by atoms with E-state index in [1.54, 1.807) is 24.3 Å². The number of amides is 1. The topological polar surface area (TPSA) is 71.5 Å². The van der Waals surface area contributed by atoms with Crippen molar-refractivity contribution in [3.8, 4) is 5.88 Å². The Labute approximate surface area is 165 Å². The molecule has 0 radical (unpaired) electrons. The highest BCUT2D eigenvalue weighted by Crippen LogP contribution is 2.39. The minimum absolute atomic E-state index is 0.187. The van der Waals surface area contributed by atoms with Crippen LogP contribution in [0.25, 0.3) is 0 Å². The molecule has 1 atom stereocenters. The van der Waals surface area contributed by atoms with Gasteiger partial charge in [-0.3, -0.25) is 4.79 Å². The van der Waals surface area contributed by atoms with E-state index in [0.29, 0.717) is 28.3 Å². The number of carbonyl (C=O) groups excluding carboxylic acids is 1. The standard InChI is InChI=1S/C21H27ClN2O3/c1-7-15-12(2)23-19(27-6)17(24-20(26)21(3,4)5)16(15)18(25)13-9-8-10-14(22)11-13/h8-11,18,25H,7H2,1-6H3,(H,24,26). The maximum absolute atomic E-state index is 12.7. The molecule has 1 aromatic heterocycles. The highest BCUT2D eigenvalue weighted by molar-refractivity contribution is 6.30.